The van der Waals surface area contributed by atoms with Gasteiger partial charge in [-0.15, -0.1) is 0 Å². The third kappa shape index (κ3) is 4.75. The van der Waals surface area contributed by atoms with Gasteiger partial charge in [-0.25, -0.2) is 0 Å². The van der Waals surface area contributed by atoms with Gasteiger partial charge in [-0.2, -0.15) is 0 Å². The SMILES string of the molecule is COC(C)(C)CCOc1ccccc1CCO. The highest BCUT2D eigenvalue weighted by Gasteiger charge is 2.16. The van der Waals surface area contributed by atoms with E-state index in [9.17, 15) is 0 Å². The lowest BCUT2D eigenvalue weighted by molar-refractivity contribution is 0.00536. The predicted molar refractivity (Wildman–Crippen MR) is 68.4 cm³/mol. The Labute approximate surface area is 103 Å². The topological polar surface area (TPSA) is 38.7 Å². The van der Waals surface area contributed by atoms with E-state index >= 15 is 0 Å². The molecule has 0 saturated carbocycles. The molecule has 0 aromatic heterocycles. The van der Waals surface area contributed by atoms with Crippen molar-refractivity contribution in [3.05, 3.63) is 29.8 Å². The summed E-state index contributed by atoms with van der Waals surface area (Å²) in [6.07, 6.45) is 1.46. The van der Waals surface area contributed by atoms with Crippen LogP contribution in [0.1, 0.15) is 25.8 Å². The van der Waals surface area contributed by atoms with Gasteiger partial charge in [-0.3, -0.25) is 0 Å². The number of aliphatic hydroxyl groups excluding tert-OH is 1. The summed E-state index contributed by atoms with van der Waals surface area (Å²) >= 11 is 0. The molecule has 1 rings (SSSR count). The molecule has 0 bridgehead atoms. The summed E-state index contributed by atoms with van der Waals surface area (Å²) < 4.78 is 11.1. The zero-order chi connectivity index (χ0) is 12.7. The van der Waals surface area contributed by atoms with E-state index in [1.807, 2.05) is 38.1 Å². The summed E-state index contributed by atoms with van der Waals surface area (Å²) in [5.41, 5.74) is 0.886. The van der Waals surface area contributed by atoms with Crippen molar-refractivity contribution in [2.45, 2.75) is 32.3 Å². The van der Waals surface area contributed by atoms with E-state index in [0.717, 1.165) is 17.7 Å². The fraction of sp³-hybridized carbons (Fsp3) is 0.571. The first-order chi connectivity index (χ1) is 8.09. The van der Waals surface area contributed by atoms with Gasteiger partial charge in [0, 0.05) is 20.1 Å². The molecule has 0 amide bonds. The molecule has 0 fully saturated rings. The van der Waals surface area contributed by atoms with E-state index in [4.69, 9.17) is 14.6 Å². The highest BCUT2D eigenvalue weighted by molar-refractivity contribution is 5.33. The Bertz CT molecular complexity index is 334. The Kier molecular flexibility index (Phi) is 5.45. The highest BCUT2D eigenvalue weighted by Crippen LogP contribution is 2.20. The average Bonchev–Trinajstić information content (AvgIpc) is 2.31. The molecular formula is C14H22O3. The summed E-state index contributed by atoms with van der Waals surface area (Å²) in [5, 5.41) is 8.96. The van der Waals surface area contributed by atoms with Crippen molar-refractivity contribution in [1.82, 2.24) is 0 Å². The fourth-order valence-corrected chi connectivity index (χ4v) is 1.48. The Balaban J connectivity index is 2.51. The summed E-state index contributed by atoms with van der Waals surface area (Å²) in [7, 11) is 1.71. The number of hydrogen-bond acceptors (Lipinski definition) is 3. The van der Waals surface area contributed by atoms with Crippen molar-refractivity contribution >= 4 is 0 Å². The van der Waals surface area contributed by atoms with Gasteiger partial charge >= 0.3 is 0 Å². The Morgan fingerprint density at radius 2 is 1.94 bits per heavy atom. The van der Waals surface area contributed by atoms with Crippen LogP contribution in [0.15, 0.2) is 24.3 Å². The lowest BCUT2D eigenvalue weighted by Gasteiger charge is -2.23. The Morgan fingerprint density at radius 1 is 1.24 bits per heavy atom. The van der Waals surface area contributed by atoms with E-state index in [2.05, 4.69) is 0 Å². The minimum atomic E-state index is -0.161. The maximum atomic E-state index is 8.96. The van der Waals surface area contributed by atoms with Crippen molar-refractivity contribution in [3.63, 3.8) is 0 Å². The molecule has 1 N–H and O–H groups in total. The van der Waals surface area contributed by atoms with E-state index < -0.39 is 0 Å². The molecule has 0 aliphatic rings. The zero-order valence-electron chi connectivity index (χ0n) is 10.9. The van der Waals surface area contributed by atoms with E-state index in [0.29, 0.717) is 13.0 Å². The quantitative estimate of drug-likeness (QED) is 0.793. The van der Waals surface area contributed by atoms with Crippen LogP contribution in [0.5, 0.6) is 5.75 Å². The second-order valence-corrected chi connectivity index (χ2v) is 4.64. The van der Waals surface area contributed by atoms with Crippen molar-refractivity contribution in [2.75, 3.05) is 20.3 Å². The summed E-state index contributed by atoms with van der Waals surface area (Å²) in [6, 6.07) is 7.81. The van der Waals surface area contributed by atoms with Crippen molar-refractivity contribution in [2.24, 2.45) is 0 Å². The van der Waals surface area contributed by atoms with Gasteiger partial charge in [-0.05, 0) is 31.9 Å². The molecular weight excluding hydrogens is 216 g/mol. The lowest BCUT2D eigenvalue weighted by Crippen LogP contribution is -2.25. The van der Waals surface area contributed by atoms with Crippen molar-refractivity contribution in [1.29, 1.82) is 0 Å². The third-order valence-electron chi connectivity index (χ3n) is 2.87. The van der Waals surface area contributed by atoms with Gasteiger partial charge in [0.2, 0.25) is 0 Å². The van der Waals surface area contributed by atoms with Crippen LogP contribution < -0.4 is 4.74 Å². The fourth-order valence-electron chi connectivity index (χ4n) is 1.48. The molecule has 3 heteroatoms. The number of rotatable bonds is 7. The van der Waals surface area contributed by atoms with Crippen LogP contribution >= 0.6 is 0 Å². The summed E-state index contributed by atoms with van der Waals surface area (Å²) in [4.78, 5) is 0. The first-order valence-corrected chi connectivity index (χ1v) is 5.96. The minimum Gasteiger partial charge on any atom is -0.493 e. The first kappa shape index (κ1) is 14.0. The summed E-state index contributed by atoms with van der Waals surface area (Å²) in [5.74, 6) is 0.855. The third-order valence-corrected chi connectivity index (χ3v) is 2.87. The van der Waals surface area contributed by atoms with Crippen LogP contribution in [0.25, 0.3) is 0 Å². The summed E-state index contributed by atoms with van der Waals surface area (Å²) in [6.45, 7) is 4.83. The molecule has 0 aliphatic heterocycles. The average molecular weight is 238 g/mol. The molecule has 0 spiro atoms. The Hall–Kier alpha value is -1.06. The van der Waals surface area contributed by atoms with Gasteiger partial charge in [0.15, 0.2) is 0 Å². The van der Waals surface area contributed by atoms with Gasteiger partial charge in [-0.1, -0.05) is 18.2 Å². The van der Waals surface area contributed by atoms with Crippen molar-refractivity contribution in [3.8, 4) is 5.75 Å². The number of methoxy groups -OCH3 is 1. The second-order valence-electron chi connectivity index (χ2n) is 4.64. The first-order valence-electron chi connectivity index (χ1n) is 5.96. The maximum absolute atomic E-state index is 8.96. The van der Waals surface area contributed by atoms with Gasteiger partial charge in [0.1, 0.15) is 5.75 Å². The predicted octanol–water partition coefficient (Wildman–Crippen LogP) is 2.42. The Morgan fingerprint density at radius 3 is 2.59 bits per heavy atom. The monoisotopic (exact) mass is 238 g/mol. The molecule has 0 saturated heterocycles. The molecule has 17 heavy (non-hydrogen) atoms. The molecule has 0 unspecified atom stereocenters. The molecule has 0 heterocycles. The molecule has 1 aromatic carbocycles. The van der Waals surface area contributed by atoms with Gasteiger partial charge in [0.25, 0.3) is 0 Å². The molecule has 3 nitrogen and oxygen atoms in total. The van der Waals surface area contributed by atoms with E-state index in [1.54, 1.807) is 7.11 Å². The van der Waals surface area contributed by atoms with E-state index in [1.165, 1.54) is 0 Å². The number of benzene rings is 1. The maximum Gasteiger partial charge on any atom is 0.122 e. The molecule has 0 aliphatic carbocycles. The van der Waals surface area contributed by atoms with Crippen LogP contribution in [-0.2, 0) is 11.2 Å². The van der Waals surface area contributed by atoms with Crippen LogP contribution in [-0.4, -0.2) is 31.0 Å². The molecule has 96 valence electrons. The number of aliphatic hydroxyl groups is 1. The minimum absolute atomic E-state index is 0.143. The highest BCUT2D eigenvalue weighted by atomic mass is 16.5. The van der Waals surface area contributed by atoms with Gasteiger partial charge in [0.05, 0.1) is 12.2 Å². The molecule has 1 aromatic rings. The van der Waals surface area contributed by atoms with Gasteiger partial charge < -0.3 is 14.6 Å². The number of hydrogen-bond donors (Lipinski definition) is 1. The largest absolute Gasteiger partial charge is 0.493 e. The zero-order valence-corrected chi connectivity index (χ0v) is 10.9. The van der Waals surface area contributed by atoms with Crippen molar-refractivity contribution < 1.29 is 14.6 Å². The second kappa shape index (κ2) is 6.62. The van der Waals surface area contributed by atoms with Crippen LogP contribution in [0.2, 0.25) is 0 Å². The molecule has 0 atom stereocenters. The number of ether oxygens (including phenoxy) is 2. The van der Waals surface area contributed by atoms with Crippen LogP contribution in [0, 0.1) is 0 Å². The van der Waals surface area contributed by atoms with Crippen LogP contribution in [0.3, 0.4) is 0 Å². The van der Waals surface area contributed by atoms with Crippen LogP contribution in [0.4, 0.5) is 0 Å². The molecule has 0 radical (unpaired) electrons. The van der Waals surface area contributed by atoms with E-state index in [-0.39, 0.29) is 12.2 Å². The standard InChI is InChI=1S/C14H22O3/c1-14(2,16-3)9-11-17-13-7-5-4-6-12(13)8-10-15/h4-7,15H,8-11H2,1-3H3. The smallest absolute Gasteiger partial charge is 0.122 e. The lowest BCUT2D eigenvalue weighted by atomic mass is 10.1. The normalized spacial score (nSPS) is 11.5. The number of para-hydroxylation sites is 1.